The molecule has 2 heterocycles. The summed E-state index contributed by atoms with van der Waals surface area (Å²) in [7, 11) is 0. The van der Waals surface area contributed by atoms with Gasteiger partial charge in [-0.15, -0.1) is 0 Å². The van der Waals surface area contributed by atoms with Crippen LogP contribution in [0.1, 0.15) is 6.92 Å². The largest absolute Gasteiger partial charge is 0.394 e. The second-order valence-electron chi connectivity index (χ2n) is 7.12. The summed E-state index contributed by atoms with van der Waals surface area (Å²) in [5, 5.41) is 62.1. The van der Waals surface area contributed by atoms with Crippen molar-refractivity contribution in [2.24, 2.45) is 5.84 Å². The highest BCUT2D eigenvalue weighted by Gasteiger charge is 2.51. The average molecular weight is 455 g/mol. The van der Waals surface area contributed by atoms with Crippen LogP contribution in [0.15, 0.2) is 0 Å². The van der Waals surface area contributed by atoms with Crippen molar-refractivity contribution in [1.29, 1.82) is 0 Å². The van der Waals surface area contributed by atoms with Gasteiger partial charge >= 0.3 is 0 Å². The first-order valence-corrected chi connectivity index (χ1v) is 9.43. The number of hydrogen-bond acceptors (Lipinski definition) is 13. The van der Waals surface area contributed by atoms with Gasteiger partial charge in [-0.05, 0) is 0 Å². The highest BCUT2D eigenvalue weighted by Crippen LogP contribution is 2.29. The third-order valence-corrected chi connectivity index (χ3v) is 4.90. The Morgan fingerprint density at radius 2 is 1.55 bits per heavy atom. The van der Waals surface area contributed by atoms with Crippen LogP contribution in [0.25, 0.3) is 0 Å². The summed E-state index contributed by atoms with van der Waals surface area (Å²) in [4.78, 5) is 22.9. The fourth-order valence-corrected chi connectivity index (χ4v) is 3.30. The van der Waals surface area contributed by atoms with Crippen LogP contribution in [0.5, 0.6) is 0 Å². The normalized spacial score (nSPS) is 40.9. The number of nitrogens with one attached hydrogen (secondary N) is 2. The maximum atomic E-state index is 11.6. The molecule has 2 amide bonds. The lowest BCUT2D eigenvalue weighted by Crippen LogP contribution is -2.67. The lowest BCUT2D eigenvalue weighted by Gasteiger charge is -2.47. The van der Waals surface area contributed by atoms with Gasteiger partial charge in [-0.1, -0.05) is 0 Å². The average Bonchev–Trinajstić information content (AvgIpc) is 2.75. The van der Waals surface area contributed by atoms with E-state index in [1.165, 1.54) is 0 Å². The number of aliphatic hydroxyl groups excluding tert-OH is 6. The highest BCUT2D eigenvalue weighted by atomic mass is 16.7. The fourth-order valence-electron chi connectivity index (χ4n) is 3.30. The molecule has 0 spiro atoms. The summed E-state index contributed by atoms with van der Waals surface area (Å²) in [5.74, 6) is 3.67. The van der Waals surface area contributed by atoms with E-state index in [0.717, 1.165) is 6.92 Å². The summed E-state index contributed by atoms with van der Waals surface area (Å²) in [6, 6.07) is -1.28. The van der Waals surface area contributed by atoms with E-state index >= 15 is 0 Å². The summed E-state index contributed by atoms with van der Waals surface area (Å²) in [5.41, 5.74) is 1.83. The minimum absolute atomic E-state index is 0.583. The quantitative estimate of drug-likeness (QED) is 0.0940. The second kappa shape index (κ2) is 11.4. The lowest BCUT2D eigenvalue weighted by molar-refractivity contribution is -0.347. The molecule has 10 N–H and O–H groups in total. The van der Waals surface area contributed by atoms with Crippen molar-refractivity contribution in [2.45, 2.75) is 68.3 Å². The molecule has 10 unspecified atom stereocenters. The molecule has 2 rings (SSSR count). The van der Waals surface area contributed by atoms with Crippen molar-refractivity contribution < 1.29 is 59.2 Å². The Balaban J connectivity index is 2.20. The molecular formula is C16H29N3O12. The summed E-state index contributed by atoms with van der Waals surface area (Å²) in [6.45, 7) is -0.844. The first-order chi connectivity index (χ1) is 14.6. The summed E-state index contributed by atoms with van der Waals surface area (Å²) >= 11 is 0. The molecule has 0 radical (unpaired) electrons. The van der Waals surface area contributed by atoms with Crippen LogP contribution in [0.4, 0.5) is 0 Å². The van der Waals surface area contributed by atoms with E-state index in [1.807, 2.05) is 5.43 Å². The van der Waals surface area contributed by atoms with E-state index in [4.69, 9.17) is 24.8 Å². The Kier molecular flexibility index (Phi) is 9.46. The standard InChI is InChI=1S/C16H29N3O12/c1-5(22)18-9-11(25)14(7(3-21)30-15(9)28-4-8(23)19-17)31-16-13(27)12(26)10(24)6(2-20)29-16/h6-7,9-16,20-21,24-27H,2-4,17H2,1H3,(H,18,22)(H,19,23). The molecule has 0 aromatic rings. The maximum absolute atomic E-state index is 11.6. The van der Waals surface area contributed by atoms with E-state index in [0.29, 0.717) is 0 Å². The number of ether oxygens (including phenoxy) is 4. The van der Waals surface area contributed by atoms with Crippen LogP contribution in [0, 0.1) is 0 Å². The van der Waals surface area contributed by atoms with Gasteiger partial charge in [0.05, 0.1) is 13.2 Å². The molecule has 0 bridgehead atoms. The van der Waals surface area contributed by atoms with E-state index in [9.17, 15) is 40.2 Å². The number of hydrogen-bond donors (Lipinski definition) is 9. The topological polar surface area (TPSA) is 243 Å². The molecule has 15 nitrogen and oxygen atoms in total. The van der Waals surface area contributed by atoms with Gasteiger partial charge in [-0.3, -0.25) is 15.0 Å². The van der Waals surface area contributed by atoms with E-state index < -0.39 is 93.0 Å². The Bertz CT molecular complexity index is 610. The van der Waals surface area contributed by atoms with E-state index in [2.05, 4.69) is 5.32 Å². The smallest absolute Gasteiger partial charge is 0.259 e. The number of hydrazine groups is 1. The Hall–Kier alpha value is -1.50. The molecule has 0 saturated carbocycles. The van der Waals surface area contributed by atoms with Crippen LogP contribution in [0.3, 0.4) is 0 Å². The molecule has 0 aromatic carbocycles. The maximum Gasteiger partial charge on any atom is 0.259 e. The zero-order chi connectivity index (χ0) is 23.3. The van der Waals surface area contributed by atoms with Crippen LogP contribution in [0.2, 0.25) is 0 Å². The summed E-state index contributed by atoms with van der Waals surface area (Å²) < 4.78 is 21.5. The van der Waals surface area contributed by atoms with Gasteiger partial charge < -0.3 is 54.9 Å². The SMILES string of the molecule is CC(=O)NC1C(OCC(=O)NN)OC(CO)C(OC2OC(CO)C(O)C(O)C2O)C1O. The van der Waals surface area contributed by atoms with Crippen molar-refractivity contribution in [1.82, 2.24) is 10.7 Å². The minimum Gasteiger partial charge on any atom is -0.394 e. The van der Waals surface area contributed by atoms with Crippen molar-refractivity contribution in [2.75, 3.05) is 19.8 Å². The van der Waals surface area contributed by atoms with Crippen LogP contribution >= 0.6 is 0 Å². The van der Waals surface area contributed by atoms with Crippen LogP contribution in [-0.4, -0.2) is 124 Å². The first-order valence-electron chi connectivity index (χ1n) is 9.43. The van der Waals surface area contributed by atoms with Gasteiger partial charge in [0.1, 0.15) is 55.4 Å². The Morgan fingerprint density at radius 1 is 0.935 bits per heavy atom. The van der Waals surface area contributed by atoms with Gasteiger partial charge in [0.15, 0.2) is 12.6 Å². The van der Waals surface area contributed by atoms with Gasteiger partial charge in [-0.25, -0.2) is 5.84 Å². The molecule has 2 aliphatic rings. The van der Waals surface area contributed by atoms with E-state index in [-0.39, 0.29) is 0 Å². The predicted molar refractivity (Wildman–Crippen MR) is 96.3 cm³/mol. The molecule has 0 aliphatic carbocycles. The van der Waals surface area contributed by atoms with Crippen LogP contribution in [-0.2, 0) is 28.5 Å². The number of nitrogens with two attached hydrogens (primary N) is 1. The third kappa shape index (κ3) is 6.05. The molecule has 2 aliphatic heterocycles. The highest BCUT2D eigenvalue weighted by molar-refractivity contribution is 5.76. The first kappa shape index (κ1) is 25.8. The molecular weight excluding hydrogens is 426 g/mol. The molecule has 180 valence electrons. The monoisotopic (exact) mass is 455 g/mol. The number of rotatable bonds is 8. The molecule has 15 heteroatoms. The Labute approximate surface area is 176 Å². The van der Waals surface area contributed by atoms with Gasteiger partial charge in [-0.2, -0.15) is 0 Å². The van der Waals surface area contributed by atoms with Crippen LogP contribution < -0.4 is 16.6 Å². The second-order valence-corrected chi connectivity index (χ2v) is 7.12. The zero-order valence-electron chi connectivity index (χ0n) is 16.6. The summed E-state index contributed by atoms with van der Waals surface area (Å²) in [6.07, 6.45) is -13.7. The third-order valence-electron chi connectivity index (χ3n) is 4.90. The number of amides is 2. The van der Waals surface area contributed by atoms with Gasteiger partial charge in [0, 0.05) is 6.92 Å². The van der Waals surface area contributed by atoms with Crippen molar-refractivity contribution in [3.63, 3.8) is 0 Å². The Morgan fingerprint density at radius 3 is 2.10 bits per heavy atom. The van der Waals surface area contributed by atoms with Crippen molar-refractivity contribution in [3.05, 3.63) is 0 Å². The van der Waals surface area contributed by atoms with E-state index in [1.54, 1.807) is 0 Å². The number of aliphatic hydroxyl groups is 6. The van der Waals surface area contributed by atoms with Crippen molar-refractivity contribution in [3.8, 4) is 0 Å². The van der Waals surface area contributed by atoms with Gasteiger partial charge in [0.2, 0.25) is 5.91 Å². The molecule has 2 saturated heterocycles. The lowest BCUT2D eigenvalue weighted by atomic mass is 9.95. The predicted octanol–water partition coefficient (Wildman–Crippen LogP) is -6.24. The molecule has 31 heavy (non-hydrogen) atoms. The van der Waals surface area contributed by atoms with Crippen molar-refractivity contribution >= 4 is 11.8 Å². The minimum atomic E-state index is -1.77. The number of carbonyl (C=O) groups excluding carboxylic acids is 2. The number of carbonyl (C=O) groups is 2. The molecule has 0 aromatic heterocycles. The molecule has 2 fully saturated rings. The molecule has 10 atom stereocenters. The van der Waals surface area contributed by atoms with Gasteiger partial charge in [0.25, 0.3) is 5.91 Å². The fraction of sp³-hybridized carbons (Fsp3) is 0.875. The zero-order valence-corrected chi connectivity index (χ0v) is 16.6.